The summed E-state index contributed by atoms with van der Waals surface area (Å²) in [5.41, 5.74) is 0.864. The summed E-state index contributed by atoms with van der Waals surface area (Å²) in [5.74, 6) is 1.25. The van der Waals surface area contributed by atoms with Crippen molar-refractivity contribution in [2.24, 2.45) is 0 Å². The van der Waals surface area contributed by atoms with Crippen molar-refractivity contribution >= 4 is 21.4 Å². The normalized spacial score (nSPS) is 16.9. The lowest BCUT2D eigenvalue weighted by Crippen LogP contribution is -2.37. The van der Waals surface area contributed by atoms with Crippen molar-refractivity contribution < 1.29 is 13.2 Å². The fraction of sp³-hybridized carbons (Fsp3) is 0.474. The molecule has 1 fully saturated rings. The van der Waals surface area contributed by atoms with Crippen molar-refractivity contribution in [3.05, 3.63) is 46.2 Å². The van der Waals surface area contributed by atoms with Crippen LogP contribution in [0.25, 0.3) is 0 Å². The third kappa shape index (κ3) is 4.07. The zero-order valence-electron chi connectivity index (χ0n) is 14.8. The molecule has 6 heteroatoms. The summed E-state index contributed by atoms with van der Waals surface area (Å²) in [6, 6.07) is 9.38. The lowest BCUT2D eigenvalue weighted by atomic mass is 9.97. The molecule has 0 atom stereocenters. The first-order chi connectivity index (χ1) is 12.0. The van der Waals surface area contributed by atoms with Gasteiger partial charge in [0, 0.05) is 18.0 Å². The van der Waals surface area contributed by atoms with E-state index >= 15 is 0 Å². The third-order valence-corrected chi connectivity index (χ3v) is 7.57. The van der Waals surface area contributed by atoms with Crippen molar-refractivity contribution in [1.82, 2.24) is 4.31 Å². The second-order valence-corrected chi connectivity index (χ2v) is 9.39. The molecule has 25 heavy (non-hydrogen) atoms. The molecular formula is C19H25NO3S2. The molecule has 0 amide bonds. The van der Waals surface area contributed by atoms with Gasteiger partial charge in [-0.05, 0) is 67.3 Å². The van der Waals surface area contributed by atoms with E-state index in [9.17, 15) is 8.42 Å². The first-order valence-corrected chi connectivity index (χ1v) is 11.1. The Morgan fingerprint density at radius 2 is 2.00 bits per heavy atom. The highest BCUT2D eigenvalue weighted by Crippen LogP contribution is 2.33. The lowest BCUT2D eigenvalue weighted by Gasteiger charge is -2.31. The lowest BCUT2D eigenvalue weighted by molar-refractivity contribution is 0.314. The standard InChI is InChI=1S/C19H25NO3S2/c1-3-12-23-18-7-6-17(14-15(18)2)25(21,22)20-10-8-16(9-11-20)19-5-4-13-24-19/h4-7,13-14,16H,3,8-12H2,1-2H3. The van der Waals surface area contributed by atoms with Crippen LogP contribution in [0.2, 0.25) is 0 Å². The number of rotatable bonds is 6. The van der Waals surface area contributed by atoms with Gasteiger partial charge in [0.2, 0.25) is 10.0 Å². The molecule has 0 aliphatic carbocycles. The predicted molar refractivity (Wildman–Crippen MR) is 102 cm³/mol. The van der Waals surface area contributed by atoms with Crippen molar-refractivity contribution in [2.45, 2.75) is 43.9 Å². The Kier molecular flexibility index (Phi) is 5.81. The van der Waals surface area contributed by atoms with E-state index in [1.165, 1.54) is 4.88 Å². The Morgan fingerprint density at radius 3 is 2.60 bits per heavy atom. The van der Waals surface area contributed by atoms with Crippen molar-refractivity contribution in [1.29, 1.82) is 0 Å². The third-order valence-electron chi connectivity index (χ3n) is 4.65. The SMILES string of the molecule is CCCOc1ccc(S(=O)(=O)N2CCC(c3cccs3)CC2)cc1C. The van der Waals surface area contributed by atoms with Crippen LogP contribution in [0.5, 0.6) is 5.75 Å². The molecule has 1 aromatic carbocycles. The smallest absolute Gasteiger partial charge is 0.243 e. The highest BCUT2D eigenvalue weighted by molar-refractivity contribution is 7.89. The van der Waals surface area contributed by atoms with Gasteiger partial charge in [-0.25, -0.2) is 8.42 Å². The van der Waals surface area contributed by atoms with Crippen LogP contribution < -0.4 is 4.74 Å². The molecule has 3 rings (SSSR count). The molecule has 0 spiro atoms. The molecule has 2 aromatic rings. The largest absolute Gasteiger partial charge is 0.493 e. The van der Waals surface area contributed by atoms with Gasteiger partial charge in [-0.2, -0.15) is 4.31 Å². The van der Waals surface area contributed by atoms with E-state index in [0.717, 1.165) is 30.6 Å². The van der Waals surface area contributed by atoms with E-state index in [1.807, 2.05) is 13.8 Å². The topological polar surface area (TPSA) is 46.6 Å². The Hall–Kier alpha value is -1.37. The molecule has 4 nitrogen and oxygen atoms in total. The van der Waals surface area contributed by atoms with Crippen LogP contribution in [0.15, 0.2) is 40.6 Å². The molecule has 1 aliphatic rings. The van der Waals surface area contributed by atoms with Crippen molar-refractivity contribution in [3.63, 3.8) is 0 Å². The highest BCUT2D eigenvalue weighted by atomic mass is 32.2. The van der Waals surface area contributed by atoms with Gasteiger partial charge in [0.15, 0.2) is 0 Å². The maximum absolute atomic E-state index is 12.9. The zero-order chi connectivity index (χ0) is 17.9. The van der Waals surface area contributed by atoms with Crippen molar-refractivity contribution in [3.8, 4) is 5.75 Å². The van der Waals surface area contributed by atoms with Gasteiger partial charge in [0.05, 0.1) is 11.5 Å². The van der Waals surface area contributed by atoms with Crippen LogP contribution in [-0.2, 0) is 10.0 Å². The molecule has 1 aliphatic heterocycles. The highest BCUT2D eigenvalue weighted by Gasteiger charge is 2.30. The maximum atomic E-state index is 12.9. The molecule has 1 saturated heterocycles. The quantitative estimate of drug-likeness (QED) is 0.747. The summed E-state index contributed by atoms with van der Waals surface area (Å²) in [4.78, 5) is 1.73. The fourth-order valence-corrected chi connectivity index (χ4v) is 5.66. The Balaban J connectivity index is 1.71. The monoisotopic (exact) mass is 379 g/mol. The number of ether oxygens (including phenoxy) is 1. The molecule has 0 saturated carbocycles. The average Bonchev–Trinajstić information content (AvgIpc) is 3.15. The number of nitrogens with zero attached hydrogens (tertiary/aromatic N) is 1. The number of hydrogen-bond acceptors (Lipinski definition) is 4. The summed E-state index contributed by atoms with van der Waals surface area (Å²) < 4.78 is 33.2. The van der Waals surface area contributed by atoms with Gasteiger partial charge in [-0.1, -0.05) is 13.0 Å². The Labute approximate surface area is 154 Å². The van der Waals surface area contributed by atoms with Gasteiger partial charge in [0.25, 0.3) is 0 Å². The maximum Gasteiger partial charge on any atom is 0.243 e. The number of benzene rings is 1. The van der Waals surface area contributed by atoms with Crippen molar-refractivity contribution in [2.75, 3.05) is 19.7 Å². The van der Waals surface area contributed by atoms with Crippen LogP contribution in [0.1, 0.15) is 42.5 Å². The van der Waals surface area contributed by atoms with Crippen LogP contribution in [0.4, 0.5) is 0 Å². The Bertz CT molecular complexity index is 792. The molecule has 1 aromatic heterocycles. The molecule has 0 bridgehead atoms. The van der Waals surface area contributed by atoms with Crippen LogP contribution in [0, 0.1) is 6.92 Å². The minimum atomic E-state index is -3.43. The summed E-state index contributed by atoms with van der Waals surface area (Å²) in [5, 5.41) is 2.09. The van der Waals surface area contributed by atoms with Gasteiger partial charge < -0.3 is 4.74 Å². The van der Waals surface area contributed by atoms with Gasteiger partial charge in [-0.3, -0.25) is 0 Å². The molecular weight excluding hydrogens is 354 g/mol. The predicted octanol–water partition coefficient (Wildman–Crippen LogP) is 4.41. The van der Waals surface area contributed by atoms with E-state index in [-0.39, 0.29) is 0 Å². The number of hydrogen-bond donors (Lipinski definition) is 0. The first kappa shape index (κ1) is 18.4. The van der Waals surface area contributed by atoms with E-state index in [4.69, 9.17) is 4.74 Å². The number of aryl methyl sites for hydroxylation is 1. The number of thiophene rings is 1. The minimum absolute atomic E-state index is 0.364. The van der Waals surface area contributed by atoms with Crippen LogP contribution in [-0.4, -0.2) is 32.4 Å². The van der Waals surface area contributed by atoms with Crippen LogP contribution >= 0.6 is 11.3 Å². The fourth-order valence-electron chi connectivity index (χ4n) is 3.21. The second kappa shape index (κ2) is 7.89. The molecule has 0 radical (unpaired) electrons. The number of piperidine rings is 1. The summed E-state index contributed by atoms with van der Waals surface area (Å²) in [7, 11) is -3.43. The van der Waals surface area contributed by atoms with E-state index in [2.05, 4.69) is 17.5 Å². The molecule has 0 unspecified atom stereocenters. The summed E-state index contributed by atoms with van der Waals surface area (Å²) >= 11 is 1.76. The summed E-state index contributed by atoms with van der Waals surface area (Å²) in [6.07, 6.45) is 2.70. The van der Waals surface area contributed by atoms with Gasteiger partial charge in [0.1, 0.15) is 5.75 Å². The molecule has 136 valence electrons. The number of sulfonamides is 1. The summed E-state index contributed by atoms with van der Waals surface area (Å²) in [6.45, 7) is 5.75. The second-order valence-electron chi connectivity index (χ2n) is 6.47. The zero-order valence-corrected chi connectivity index (χ0v) is 16.4. The molecule has 0 N–H and O–H groups in total. The molecule has 2 heterocycles. The van der Waals surface area contributed by atoms with E-state index < -0.39 is 10.0 Å². The first-order valence-electron chi connectivity index (χ1n) is 8.79. The van der Waals surface area contributed by atoms with Gasteiger partial charge >= 0.3 is 0 Å². The van der Waals surface area contributed by atoms with Gasteiger partial charge in [-0.15, -0.1) is 11.3 Å². The minimum Gasteiger partial charge on any atom is -0.493 e. The van der Waals surface area contributed by atoms with E-state index in [0.29, 0.717) is 30.5 Å². The Morgan fingerprint density at radius 1 is 1.24 bits per heavy atom. The average molecular weight is 380 g/mol. The van der Waals surface area contributed by atoms with Crippen LogP contribution in [0.3, 0.4) is 0 Å². The van der Waals surface area contributed by atoms with E-state index in [1.54, 1.807) is 33.8 Å².